The van der Waals surface area contributed by atoms with Gasteiger partial charge in [-0.1, -0.05) is 0 Å². The van der Waals surface area contributed by atoms with E-state index < -0.39 is 0 Å². The molecule has 3 heterocycles. The molecule has 0 radical (unpaired) electrons. The lowest BCUT2D eigenvalue weighted by atomic mass is 10.0. The van der Waals surface area contributed by atoms with Crippen molar-refractivity contribution in [1.29, 1.82) is 0 Å². The van der Waals surface area contributed by atoms with Crippen LogP contribution in [0.4, 0.5) is 0 Å². The number of hydrogen-bond acceptors (Lipinski definition) is 0. The van der Waals surface area contributed by atoms with Gasteiger partial charge in [0, 0.05) is 29.8 Å². The first kappa shape index (κ1) is 10.6. The van der Waals surface area contributed by atoms with Crippen molar-refractivity contribution >= 4 is 11.3 Å². The van der Waals surface area contributed by atoms with Gasteiger partial charge in [0.25, 0.3) is 0 Å². The van der Waals surface area contributed by atoms with E-state index in [1.54, 1.807) is 0 Å². The quantitative estimate of drug-likeness (QED) is 0.601. The molecule has 3 rings (SSSR count). The third kappa shape index (κ3) is 1.24. The molecule has 0 saturated carbocycles. The van der Waals surface area contributed by atoms with Gasteiger partial charge in [-0.3, -0.25) is 4.57 Å². The summed E-state index contributed by atoms with van der Waals surface area (Å²) < 4.78 is 4.84. The second kappa shape index (κ2) is 3.22. The van der Waals surface area contributed by atoms with Crippen molar-refractivity contribution in [3.8, 4) is 0 Å². The molecule has 1 aromatic rings. The zero-order valence-electron chi connectivity index (χ0n) is 11.3. The van der Waals surface area contributed by atoms with Gasteiger partial charge < -0.3 is 0 Å². The molecule has 0 aliphatic carbocycles. The summed E-state index contributed by atoms with van der Waals surface area (Å²) in [5, 5.41) is 0. The Labute approximate surface area is 103 Å². The molecule has 0 unspecified atom stereocenters. The Hall–Kier alpha value is -1.57. The van der Waals surface area contributed by atoms with E-state index in [0.717, 1.165) is 6.67 Å². The molecule has 88 valence electrons. The van der Waals surface area contributed by atoms with Crippen LogP contribution in [0.5, 0.6) is 0 Å². The second-order valence-corrected chi connectivity index (χ2v) is 5.26. The lowest BCUT2D eigenvalue weighted by Crippen LogP contribution is -2.25. The van der Waals surface area contributed by atoms with Crippen LogP contribution < -0.4 is 0 Å². The van der Waals surface area contributed by atoms with Crippen molar-refractivity contribution in [2.24, 2.45) is 0 Å². The van der Waals surface area contributed by atoms with Crippen molar-refractivity contribution in [1.82, 2.24) is 4.57 Å². The Morgan fingerprint density at radius 1 is 1.12 bits per heavy atom. The fourth-order valence-electron chi connectivity index (χ4n) is 3.31. The van der Waals surface area contributed by atoms with E-state index in [1.807, 2.05) is 0 Å². The molecular weight excluding hydrogens is 208 g/mol. The first-order valence-electron chi connectivity index (χ1n) is 6.18. The van der Waals surface area contributed by atoms with E-state index in [4.69, 9.17) is 0 Å². The molecule has 0 amide bonds. The van der Waals surface area contributed by atoms with Crippen LogP contribution in [-0.4, -0.2) is 14.9 Å². The summed E-state index contributed by atoms with van der Waals surface area (Å²) in [6.07, 6.45) is 2.29. The molecule has 0 bridgehead atoms. The first-order valence-corrected chi connectivity index (χ1v) is 6.18. The molecule has 0 fully saturated rings. The molecule has 0 saturated heterocycles. The van der Waals surface area contributed by atoms with E-state index >= 15 is 0 Å². The third-order valence-corrected chi connectivity index (χ3v) is 3.98. The van der Waals surface area contributed by atoms with Crippen molar-refractivity contribution in [3.63, 3.8) is 0 Å². The maximum atomic E-state index is 2.42. The minimum absolute atomic E-state index is 0.960. The molecule has 2 aliphatic heterocycles. The van der Waals surface area contributed by atoms with Crippen LogP contribution in [0.1, 0.15) is 37.7 Å². The Bertz CT molecular complexity index is 622. The van der Waals surface area contributed by atoms with E-state index in [1.165, 1.54) is 39.5 Å². The Balaban J connectivity index is 2.35. The van der Waals surface area contributed by atoms with E-state index in [0.29, 0.717) is 0 Å². The Morgan fingerprint density at radius 2 is 1.82 bits per heavy atom. The van der Waals surface area contributed by atoms with Gasteiger partial charge in [-0.05, 0) is 39.3 Å². The predicted molar refractivity (Wildman–Crippen MR) is 71.2 cm³/mol. The fraction of sp³-hybridized carbons (Fsp3) is 0.400. The number of hydrogen-bond donors (Lipinski definition) is 0. The molecule has 0 aromatic carbocycles. The van der Waals surface area contributed by atoms with Crippen LogP contribution in [0, 0.1) is 13.8 Å². The topological polar surface area (TPSA) is 7.94 Å². The standard InChI is InChI=1S/C15H19N2/c1-9-6-11(3)16-8-17-12(4)7-10(2)15(17)13(5)14(9)16/h6-7H,8H2,1-5H3/q+1. The number of fused-ring (bicyclic) bond motifs is 2. The van der Waals surface area contributed by atoms with Gasteiger partial charge in [0.15, 0.2) is 5.71 Å². The van der Waals surface area contributed by atoms with Gasteiger partial charge in [0.1, 0.15) is 0 Å². The highest BCUT2D eigenvalue weighted by Gasteiger charge is 2.34. The highest BCUT2D eigenvalue weighted by Crippen LogP contribution is 2.35. The van der Waals surface area contributed by atoms with Crippen LogP contribution in [-0.2, 0) is 6.67 Å². The maximum Gasteiger partial charge on any atom is 0.228 e. The average Bonchev–Trinajstić information content (AvgIpc) is 2.68. The number of aromatic nitrogens is 1. The monoisotopic (exact) mass is 227 g/mol. The van der Waals surface area contributed by atoms with Crippen LogP contribution in [0.2, 0.25) is 0 Å². The van der Waals surface area contributed by atoms with Crippen LogP contribution in [0.25, 0.3) is 5.57 Å². The first-order chi connectivity index (χ1) is 8.00. The minimum atomic E-state index is 0.960. The SMILES string of the molecule is CC1=CC(C)=[N+]2Cn3c(C)cc(C)c3C(C)=C12. The number of allylic oxidation sites excluding steroid dienone is 3. The fourth-order valence-corrected chi connectivity index (χ4v) is 3.31. The normalized spacial score (nSPS) is 18.5. The van der Waals surface area contributed by atoms with E-state index in [-0.39, 0.29) is 0 Å². The zero-order chi connectivity index (χ0) is 12.3. The summed E-state index contributed by atoms with van der Waals surface area (Å²) in [5.41, 5.74) is 9.73. The number of nitrogens with zero attached hydrogens (tertiary/aromatic N) is 2. The van der Waals surface area contributed by atoms with Crippen molar-refractivity contribution in [3.05, 3.63) is 40.4 Å². The van der Waals surface area contributed by atoms with Crippen molar-refractivity contribution < 1.29 is 4.58 Å². The highest BCUT2D eigenvalue weighted by molar-refractivity contribution is 5.93. The highest BCUT2D eigenvalue weighted by atomic mass is 15.2. The molecule has 0 spiro atoms. The lowest BCUT2D eigenvalue weighted by Gasteiger charge is -2.19. The predicted octanol–water partition coefficient (Wildman–Crippen LogP) is 3.24. The van der Waals surface area contributed by atoms with Crippen molar-refractivity contribution in [2.75, 3.05) is 0 Å². The Kier molecular flexibility index (Phi) is 2.00. The molecule has 2 nitrogen and oxygen atoms in total. The lowest BCUT2D eigenvalue weighted by molar-refractivity contribution is -0.506. The minimum Gasteiger partial charge on any atom is -0.289 e. The van der Waals surface area contributed by atoms with Gasteiger partial charge in [-0.25, -0.2) is 0 Å². The van der Waals surface area contributed by atoms with E-state index in [9.17, 15) is 0 Å². The second-order valence-electron chi connectivity index (χ2n) is 5.26. The molecule has 0 atom stereocenters. The van der Waals surface area contributed by atoms with Gasteiger partial charge in [-0.2, -0.15) is 4.58 Å². The third-order valence-electron chi connectivity index (χ3n) is 3.98. The number of aryl methyl sites for hydroxylation is 2. The summed E-state index contributed by atoms with van der Waals surface area (Å²) in [6.45, 7) is 12.0. The summed E-state index contributed by atoms with van der Waals surface area (Å²) in [4.78, 5) is 0. The molecule has 2 heteroatoms. The smallest absolute Gasteiger partial charge is 0.228 e. The molecule has 0 N–H and O–H groups in total. The van der Waals surface area contributed by atoms with Crippen LogP contribution >= 0.6 is 0 Å². The van der Waals surface area contributed by atoms with Gasteiger partial charge >= 0.3 is 0 Å². The largest absolute Gasteiger partial charge is 0.289 e. The summed E-state index contributed by atoms with van der Waals surface area (Å²) in [6, 6.07) is 2.29. The van der Waals surface area contributed by atoms with Crippen molar-refractivity contribution in [2.45, 2.75) is 41.3 Å². The number of rotatable bonds is 0. The van der Waals surface area contributed by atoms with Gasteiger partial charge in [-0.15, -0.1) is 0 Å². The molecule has 1 aromatic heterocycles. The zero-order valence-corrected chi connectivity index (χ0v) is 11.3. The van der Waals surface area contributed by atoms with Gasteiger partial charge in [0.05, 0.1) is 5.69 Å². The maximum absolute atomic E-state index is 2.42. The molecule has 2 aliphatic rings. The summed E-state index contributed by atoms with van der Waals surface area (Å²) >= 11 is 0. The summed E-state index contributed by atoms with van der Waals surface area (Å²) in [5.74, 6) is 0. The molecule has 17 heavy (non-hydrogen) atoms. The average molecular weight is 227 g/mol. The van der Waals surface area contributed by atoms with Gasteiger partial charge in [0.2, 0.25) is 12.4 Å². The van der Waals surface area contributed by atoms with E-state index in [2.05, 4.69) is 55.9 Å². The Morgan fingerprint density at radius 3 is 2.53 bits per heavy atom. The van der Waals surface area contributed by atoms with Crippen LogP contribution in [0.15, 0.2) is 23.4 Å². The molecular formula is C15H19N2+. The summed E-state index contributed by atoms with van der Waals surface area (Å²) in [7, 11) is 0. The van der Waals surface area contributed by atoms with Crippen LogP contribution in [0.3, 0.4) is 0 Å².